The first kappa shape index (κ1) is 17.1. The molecule has 20 heavy (non-hydrogen) atoms. The minimum absolute atomic E-state index is 0.166. The van der Waals surface area contributed by atoms with Gasteiger partial charge < -0.3 is 14.5 Å². The van der Waals surface area contributed by atoms with Crippen molar-refractivity contribution in [3.05, 3.63) is 18.1 Å². The summed E-state index contributed by atoms with van der Waals surface area (Å²) in [6.45, 7) is 6.13. The number of hydrogen-bond acceptors (Lipinski definition) is 5. The van der Waals surface area contributed by atoms with E-state index < -0.39 is 5.54 Å². The Kier molecular flexibility index (Phi) is 7.16. The normalized spacial score (nSPS) is 14.0. The van der Waals surface area contributed by atoms with Crippen LogP contribution in [0.2, 0.25) is 0 Å². The van der Waals surface area contributed by atoms with Crippen LogP contribution >= 0.6 is 11.8 Å². The molecule has 0 fully saturated rings. The summed E-state index contributed by atoms with van der Waals surface area (Å²) in [5, 5.41) is 3.08. The maximum atomic E-state index is 11.9. The number of carbonyl (C=O) groups excluding carboxylic acids is 1. The molecule has 114 valence electrons. The molecule has 4 nitrogen and oxygen atoms in total. The smallest absolute Gasteiger partial charge is 0.326 e. The molecule has 1 aromatic rings. The predicted molar refractivity (Wildman–Crippen MR) is 82.1 cm³/mol. The van der Waals surface area contributed by atoms with E-state index in [0.717, 1.165) is 30.8 Å². The van der Waals surface area contributed by atoms with Gasteiger partial charge >= 0.3 is 5.97 Å². The topological polar surface area (TPSA) is 51.5 Å². The average molecular weight is 299 g/mol. The lowest BCUT2D eigenvalue weighted by molar-refractivity contribution is -0.150. The summed E-state index contributed by atoms with van der Waals surface area (Å²) < 4.78 is 10.4. The summed E-state index contributed by atoms with van der Waals surface area (Å²) in [5.41, 5.74) is -0.577. The fourth-order valence-electron chi connectivity index (χ4n) is 1.91. The first-order chi connectivity index (χ1) is 9.53. The summed E-state index contributed by atoms with van der Waals surface area (Å²) in [6.07, 6.45) is 4.55. The summed E-state index contributed by atoms with van der Waals surface area (Å²) in [4.78, 5) is 13.1. The van der Waals surface area contributed by atoms with E-state index in [1.807, 2.05) is 26.8 Å². The number of unbranched alkanes of at least 4 members (excludes halogenated alkanes) is 1. The molecule has 0 aliphatic rings. The molecule has 1 N–H and O–H groups in total. The second-order valence-electron chi connectivity index (χ2n) is 4.95. The van der Waals surface area contributed by atoms with E-state index in [1.165, 1.54) is 4.90 Å². The van der Waals surface area contributed by atoms with Crippen LogP contribution in [0.1, 0.15) is 38.9 Å². The zero-order valence-electron chi connectivity index (χ0n) is 12.8. The van der Waals surface area contributed by atoms with Crippen LogP contribution in [0.4, 0.5) is 0 Å². The lowest BCUT2D eigenvalue weighted by atomic mass is 9.95. The fourth-order valence-corrected chi connectivity index (χ4v) is 2.88. The number of rotatable bonds is 9. The third kappa shape index (κ3) is 4.87. The van der Waals surface area contributed by atoms with Gasteiger partial charge in [0.1, 0.15) is 11.3 Å². The van der Waals surface area contributed by atoms with Crippen molar-refractivity contribution in [1.82, 2.24) is 5.32 Å². The highest BCUT2D eigenvalue weighted by Crippen LogP contribution is 2.25. The van der Waals surface area contributed by atoms with E-state index in [0.29, 0.717) is 6.61 Å². The van der Waals surface area contributed by atoms with Gasteiger partial charge in [0.15, 0.2) is 0 Å². The molecule has 5 heteroatoms. The largest absolute Gasteiger partial charge is 0.468 e. The van der Waals surface area contributed by atoms with E-state index in [4.69, 9.17) is 9.15 Å². The summed E-state index contributed by atoms with van der Waals surface area (Å²) in [6, 6.07) is 2.00. The average Bonchev–Trinajstić information content (AvgIpc) is 2.84. The molecule has 1 aromatic heterocycles. The molecule has 0 amide bonds. The molecule has 0 saturated carbocycles. The molecule has 1 atom stereocenters. The molecule has 0 saturated heterocycles. The van der Waals surface area contributed by atoms with Crippen LogP contribution in [0.5, 0.6) is 0 Å². The Hall–Kier alpha value is -0.940. The van der Waals surface area contributed by atoms with Crippen LogP contribution in [0.25, 0.3) is 0 Å². The zero-order chi connectivity index (χ0) is 15.0. The second-order valence-corrected chi connectivity index (χ2v) is 6.09. The molecule has 0 aromatic carbocycles. The minimum atomic E-state index is -0.577. The van der Waals surface area contributed by atoms with Crippen LogP contribution in [0.3, 0.4) is 0 Å². The Morgan fingerprint density at radius 3 is 2.80 bits per heavy atom. The number of ether oxygens (including phenoxy) is 1. The van der Waals surface area contributed by atoms with Crippen LogP contribution in [0, 0.1) is 6.92 Å². The molecule has 0 spiro atoms. The lowest BCUT2D eigenvalue weighted by Crippen LogP contribution is -2.48. The summed E-state index contributed by atoms with van der Waals surface area (Å²) in [7, 11) is 1.81. The SMILES string of the molecule is CCOC(=O)C(C)(CCCCSc1ccoc1C)NC. The van der Waals surface area contributed by atoms with Gasteiger partial charge in [-0.25, -0.2) is 0 Å². The number of furan rings is 1. The first-order valence-corrected chi connectivity index (χ1v) is 8.05. The van der Waals surface area contributed by atoms with Crippen LogP contribution in [0.15, 0.2) is 21.6 Å². The van der Waals surface area contributed by atoms with Gasteiger partial charge in [0.2, 0.25) is 0 Å². The highest BCUT2D eigenvalue weighted by Gasteiger charge is 2.32. The number of likely N-dealkylation sites (N-methyl/N-ethyl adjacent to an activating group) is 1. The molecular formula is C15H25NO3S. The molecule has 0 bridgehead atoms. The van der Waals surface area contributed by atoms with Crippen molar-refractivity contribution in [3.63, 3.8) is 0 Å². The quantitative estimate of drug-likeness (QED) is 0.430. The maximum absolute atomic E-state index is 11.9. The number of aryl methyl sites for hydroxylation is 1. The van der Waals surface area contributed by atoms with Gasteiger partial charge in [-0.2, -0.15) is 0 Å². The van der Waals surface area contributed by atoms with Gasteiger partial charge in [-0.05, 0) is 52.5 Å². The maximum Gasteiger partial charge on any atom is 0.326 e. The van der Waals surface area contributed by atoms with Crippen molar-refractivity contribution in [3.8, 4) is 0 Å². The Bertz CT molecular complexity index is 419. The molecule has 1 unspecified atom stereocenters. The van der Waals surface area contributed by atoms with E-state index in [2.05, 4.69) is 5.32 Å². The summed E-state index contributed by atoms with van der Waals surface area (Å²) in [5.74, 6) is 1.84. The fraction of sp³-hybridized carbons (Fsp3) is 0.667. The third-order valence-corrected chi connectivity index (χ3v) is 4.64. The Balaban J connectivity index is 2.28. The van der Waals surface area contributed by atoms with Crippen molar-refractivity contribution < 1.29 is 13.9 Å². The summed E-state index contributed by atoms with van der Waals surface area (Å²) >= 11 is 1.80. The van der Waals surface area contributed by atoms with E-state index >= 15 is 0 Å². The second kappa shape index (κ2) is 8.37. The molecule has 1 heterocycles. The van der Waals surface area contributed by atoms with Gasteiger partial charge in [-0.3, -0.25) is 4.79 Å². The number of nitrogens with one attached hydrogen (secondary N) is 1. The van der Waals surface area contributed by atoms with Crippen molar-refractivity contribution in [2.24, 2.45) is 0 Å². The predicted octanol–water partition coefficient (Wildman–Crippen LogP) is 3.39. The van der Waals surface area contributed by atoms with Gasteiger partial charge in [0, 0.05) is 4.90 Å². The molecular weight excluding hydrogens is 274 g/mol. The Labute approximate surface area is 125 Å². The number of thioether (sulfide) groups is 1. The highest BCUT2D eigenvalue weighted by molar-refractivity contribution is 7.99. The molecule has 0 radical (unpaired) electrons. The first-order valence-electron chi connectivity index (χ1n) is 7.06. The van der Waals surface area contributed by atoms with Crippen LogP contribution in [-0.2, 0) is 9.53 Å². The Morgan fingerprint density at radius 2 is 2.25 bits per heavy atom. The van der Waals surface area contributed by atoms with Gasteiger partial charge in [-0.1, -0.05) is 6.42 Å². The van der Waals surface area contributed by atoms with Gasteiger partial charge in [0.25, 0.3) is 0 Å². The van der Waals surface area contributed by atoms with Crippen LogP contribution < -0.4 is 5.32 Å². The number of esters is 1. The van der Waals surface area contributed by atoms with E-state index in [9.17, 15) is 4.79 Å². The monoisotopic (exact) mass is 299 g/mol. The van der Waals surface area contributed by atoms with E-state index in [1.54, 1.807) is 25.1 Å². The number of hydrogen-bond donors (Lipinski definition) is 1. The molecule has 1 rings (SSSR count). The van der Waals surface area contributed by atoms with Crippen molar-refractivity contribution >= 4 is 17.7 Å². The lowest BCUT2D eigenvalue weighted by Gasteiger charge is -2.26. The molecule has 0 aliphatic carbocycles. The van der Waals surface area contributed by atoms with Gasteiger partial charge in [0.05, 0.1) is 12.9 Å². The standard InChI is InChI=1S/C15H25NO3S/c1-5-18-14(17)15(3,16-4)9-6-7-11-20-13-8-10-19-12(13)2/h8,10,16H,5-7,9,11H2,1-4H3. The third-order valence-electron chi connectivity index (χ3n) is 3.42. The number of carbonyl (C=O) groups is 1. The molecule has 0 aliphatic heterocycles. The highest BCUT2D eigenvalue weighted by atomic mass is 32.2. The zero-order valence-corrected chi connectivity index (χ0v) is 13.6. The van der Waals surface area contributed by atoms with Crippen molar-refractivity contribution in [1.29, 1.82) is 0 Å². The minimum Gasteiger partial charge on any atom is -0.468 e. The van der Waals surface area contributed by atoms with Gasteiger partial charge in [-0.15, -0.1) is 11.8 Å². The van der Waals surface area contributed by atoms with E-state index in [-0.39, 0.29) is 5.97 Å². The van der Waals surface area contributed by atoms with Crippen molar-refractivity contribution in [2.45, 2.75) is 50.5 Å². The Morgan fingerprint density at radius 1 is 1.50 bits per heavy atom. The van der Waals surface area contributed by atoms with Crippen LogP contribution in [-0.4, -0.2) is 30.9 Å². The van der Waals surface area contributed by atoms with Crippen molar-refractivity contribution in [2.75, 3.05) is 19.4 Å².